The summed E-state index contributed by atoms with van der Waals surface area (Å²) in [6, 6.07) is 6.15. The molecular formula is C22H36IN7O2. The van der Waals surface area contributed by atoms with Crippen molar-refractivity contribution in [1.29, 1.82) is 0 Å². The van der Waals surface area contributed by atoms with E-state index in [1.54, 1.807) is 26.9 Å². The number of unbranched alkanes of at least 4 members (excludes halogenated alkanes) is 1. The first kappa shape index (κ1) is 26.2. The normalized spacial score (nSPS) is 14.7. The largest absolute Gasteiger partial charge is 0.493 e. The third kappa shape index (κ3) is 7.80. The van der Waals surface area contributed by atoms with Crippen LogP contribution in [0.25, 0.3) is 0 Å². The van der Waals surface area contributed by atoms with Crippen molar-refractivity contribution in [3.8, 4) is 11.5 Å². The molecule has 2 aromatic rings. The lowest BCUT2D eigenvalue weighted by molar-refractivity contribution is 0.172. The number of aromatic nitrogens is 3. The number of nitrogens with one attached hydrogen (secondary N) is 1. The van der Waals surface area contributed by atoms with E-state index in [2.05, 4.69) is 44.4 Å². The lowest BCUT2D eigenvalue weighted by atomic mass is 10.1. The van der Waals surface area contributed by atoms with E-state index in [9.17, 15) is 0 Å². The van der Waals surface area contributed by atoms with Gasteiger partial charge in [-0.15, -0.1) is 34.2 Å². The highest BCUT2D eigenvalue weighted by Gasteiger charge is 2.20. The van der Waals surface area contributed by atoms with E-state index in [1.165, 1.54) is 5.56 Å². The van der Waals surface area contributed by atoms with Gasteiger partial charge in [0.25, 0.3) is 0 Å². The second-order valence-corrected chi connectivity index (χ2v) is 7.60. The van der Waals surface area contributed by atoms with Crippen LogP contribution in [0.4, 0.5) is 0 Å². The van der Waals surface area contributed by atoms with Crippen molar-refractivity contribution in [2.75, 3.05) is 53.5 Å². The Hall–Kier alpha value is -2.08. The summed E-state index contributed by atoms with van der Waals surface area (Å²) in [5, 5.41) is 11.1. The van der Waals surface area contributed by atoms with Crippen molar-refractivity contribution in [2.45, 2.75) is 32.9 Å². The van der Waals surface area contributed by atoms with Crippen molar-refractivity contribution in [3.63, 3.8) is 0 Å². The minimum atomic E-state index is 0. The maximum absolute atomic E-state index is 5.43. The number of aliphatic imine (C=N–C) groups is 1. The maximum Gasteiger partial charge on any atom is 0.194 e. The van der Waals surface area contributed by atoms with Crippen molar-refractivity contribution in [2.24, 2.45) is 4.99 Å². The zero-order valence-electron chi connectivity index (χ0n) is 19.4. The maximum atomic E-state index is 5.43. The number of methoxy groups -OCH3 is 2. The minimum absolute atomic E-state index is 0. The summed E-state index contributed by atoms with van der Waals surface area (Å²) in [7, 11) is 3.34. The highest BCUT2D eigenvalue weighted by atomic mass is 127. The van der Waals surface area contributed by atoms with Crippen molar-refractivity contribution < 1.29 is 9.47 Å². The summed E-state index contributed by atoms with van der Waals surface area (Å²) in [5.41, 5.74) is 1.24. The first-order valence-corrected chi connectivity index (χ1v) is 11.0. The molecule has 1 fully saturated rings. The van der Waals surface area contributed by atoms with Crippen LogP contribution in [0.1, 0.15) is 25.3 Å². The first-order chi connectivity index (χ1) is 15.2. The molecule has 0 radical (unpaired) electrons. The Morgan fingerprint density at radius 1 is 1.03 bits per heavy atom. The van der Waals surface area contributed by atoms with E-state index < -0.39 is 0 Å². The number of piperazine rings is 1. The Balaban J connectivity index is 0.00000363. The van der Waals surface area contributed by atoms with E-state index in [1.807, 2.05) is 10.6 Å². The molecule has 1 aromatic carbocycles. The number of rotatable bonds is 10. The van der Waals surface area contributed by atoms with E-state index in [0.29, 0.717) is 0 Å². The molecule has 0 unspecified atom stereocenters. The van der Waals surface area contributed by atoms with Gasteiger partial charge in [0.2, 0.25) is 0 Å². The van der Waals surface area contributed by atoms with Crippen molar-refractivity contribution >= 4 is 29.9 Å². The third-order valence-electron chi connectivity index (χ3n) is 5.41. The number of nitrogens with zero attached hydrogens (tertiary/aromatic N) is 6. The van der Waals surface area contributed by atoms with Gasteiger partial charge in [-0.1, -0.05) is 6.07 Å². The highest BCUT2D eigenvalue weighted by molar-refractivity contribution is 14.0. The molecule has 0 saturated carbocycles. The van der Waals surface area contributed by atoms with Crippen LogP contribution in [0.15, 0.2) is 35.8 Å². The molecule has 32 heavy (non-hydrogen) atoms. The first-order valence-electron chi connectivity index (χ1n) is 11.0. The third-order valence-corrected chi connectivity index (χ3v) is 5.41. The van der Waals surface area contributed by atoms with Crippen LogP contribution in [0.2, 0.25) is 0 Å². The molecule has 1 aliphatic rings. The van der Waals surface area contributed by atoms with Gasteiger partial charge in [-0.3, -0.25) is 9.89 Å². The van der Waals surface area contributed by atoms with Gasteiger partial charge in [0, 0.05) is 52.4 Å². The van der Waals surface area contributed by atoms with Crippen LogP contribution in [0, 0.1) is 0 Å². The average molecular weight is 557 g/mol. The molecule has 1 saturated heterocycles. The molecule has 10 heteroatoms. The fourth-order valence-corrected chi connectivity index (χ4v) is 3.71. The molecule has 2 heterocycles. The Morgan fingerprint density at radius 2 is 1.75 bits per heavy atom. The van der Waals surface area contributed by atoms with Crippen LogP contribution < -0.4 is 14.8 Å². The van der Waals surface area contributed by atoms with Crippen LogP contribution in [-0.4, -0.2) is 84.0 Å². The quantitative estimate of drug-likeness (QED) is 0.208. The Labute approximate surface area is 208 Å². The van der Waals surface area contributed by atoms with Gasteiger partial charge >= 0.3 is 0 Å². The minimum Gasteiger partial charge on any atom is -0.493 e. The van der Waals surface area contributed by atoms with Crippen molar-refractivity contribution in [3.05, 3.63) is 36.4 Å². The Kier molecular flexibility index (Phi) is 11.6. The van der Waals surface area contributed by atoms with Crippen LogP contribution in [0.3, 0.4) is 0 Å². The molecule has 0 spiro atoms. The molecule has 178 valence electrons. The standard InChI is InChI=1S/C22H35N7O2.HI/c1-4-23-22(24-9-5-6-10-28-17-25-26-18-28)29-13-11-27(12-14-29)16-19-7-8-20(30-2)21(15-19)31-3;/h7-8,15,17-18H,4-6,9-14,16H2,1-3H3,(H,23,24);1H. The fraction of sp³-hybridized carbons (Fsp3) is 0.591. The smallest absolute Gasteiger partial charge is 0.194 e. The molecule has 9 nitrogen and oxygen atoms in total. The summed E-state index contributed by atoms with van der Waals surface area (Å²) in [6.07, 6.45) is 5.63. The summed E-state index contributed by atoms with van der Waals surface area (Å²) in [6.45, 7) is 9.63. The van der Waals surface area contributed by atoms with Gasteiger partial charge in [0.05, 0.1) is 14.2 Å². The fourth-order valence-electron chi connectivity index (χ4n) is 3.71. The lowest BCUT2D eigenvalue weighted by Gasteiger charge is -2.36. The zero-order chi connectivity index (χ0) is 21.9. The number of aryl methyl sites for hydroxylation is 1. The highest BCUT2D eigenvalue weighted by Crippen LogP contribution is 2.28. The molecule has 3 rings (SSSR count). The van der Waals surface area contributed by atoms with Gasteiger partial charge in [-0.2, -0.15) is 0 Å². The summed E-state index contributed by atoms with van der Waals surface area (Å²) < 4.78 is 12.8. The van der Waals surface area contributed by atoms with Gasteiger partial charge in [-0.25, -0.2) is 0 Å². The monoisotopic (exact) mass is 557 g/mol. The van der Waals surface area contributed by atoms with E-state index in [0.717, 1.165) is 82.7 Å². The van der Waals surface area contributed by atoms with Crippen LogP contribution in [-0.2, 0) is 13.1 Å². The molecular weight excluding hydrogens is 521 g/mol. The van der Waals surface area contributed by atoms with Crippen LogP contribution >= 0.6 is 24.0 Å². The van der Waals surface area contributed by atoms with Crippen molar-refractivity contribution in [1.82, 2.24) is 29.9 Å². The topological polar surface area (TPSA) is 80.0 Å². The molecule has 0 atom stereocenters. The number of benzene rings is 1. The Morgan fingerprint density at radius 3 is 2.41 bits per heavy atom. The second-order valence-electron chi connectivity index (χ2n) is 7.60. The number of hydrogen-bond donors (Lipinski definition) is 1. The van der Waals surface area contributed by atoms with Gasteiger partial charge in [0.15, 0.2) is 17.5 Å². The number of halogens is 1. The molecule has 1 N–H and O–H groups in total. The predicted octanol–water partition coefficient (Wildman–Crippen LogP) is 2.48. The summed E-state index contributed by atoms with van der Waals surface area (Å²) in [5.74, 6) is 2.58. The summed E-state index contributed by atoms with van der Waals surface area (Å²) in [4.78, 5) is 9.69. The zero-order valence-corrected chi connectivity index (χ0v) is 21.7. The SMILES string of the molecule is CCNC(=NCCCCn1cnnc1)N1CCN(Cc2ccc(OC)c(OC)c2)CC1.I. The molecule has 1 aliphatic heterocycles. The van der Waals surface area contributed by atoms with Gasteiger partial charge in [0.1, 0.15) is 12.7 Å². The van der Waals surface area contributed by atoms with Gasteiger partial charge < -0.3 is 24.3 Å². The Bertz CT molecular complexity index is 809. The van der Waals surface area contributed by atoms with Crippen LogP contribution in [0.5, 0.6) is 11.5 Å². The predicted molar refractivity (Wildman–Crippen MR) is 137 cm³/mol. The second kappa shape index (κ2) is 14.1. The molecule has 0 amide bonds. The van der Waals surface area contributed by atoms with E-state index >= 15 is 0 Å². The molecule has 1 aromatic heterocycles. The van der Waals surface area contributed by atoms with Gasteiger partial charge in [-0.05, 0) is 37.5 Å². The van der Waals surface area contributed by atoms with E-state index in [-0.39, 0.29) is 24.0 Å². The van der Waals surface area contributed by atoms with E-state index in [4.69, 9.17) is 14.5 Å². The molecule has 0 bridgehead atoms. The average Bonchev–Trinajstić information content (AvgIpc) is 3.32. The number of ether oxygens (including phenoxy) is 2. The number of guanidine groups is 1. The summed E-state index contributed by atoms with van der Waals surface area (Å²) >= 11 is 0. The number of hydrogen-bond acceptors (Lipinski definition) is 6. The lowest BCUT2D eigenvalue weighted by Crippen LogP contribution is -2.52. The molecule has 0 aliphatic carbocycles.